The van der Waals surface area contributed by atoms with E-state index in [1.165, 1.54) is 38.5 Å². The van der Waals surface area contributed by atoms with E-state index >= 15 is 0 Å². The molecule has 0 N–H and O–H groups in total. The highest BCUT2D eigenvalue weighted by atomic mass is 28.4. The predicted octanol–water partition coefficient (Wildman–Crippen LogP) is 3.91. The Morgan fingerprint density at radius 2 is 0.737 bits per heavy atom. The summed E-state index contributed by atoms with van der Waals surface area (Å²) in [6.07, 6.45) is 9.00. The highest BCUT2D eigenvalue weighted by molar-refractivity contribution is 6.53. The van der Waals surface area contributed by atoms with Crippen LogP contribution in [0.1, 0.15) is 66.2 Å². The molecule has 0 saturated heterocycles. The molecule has 1 fully saturated rings. The van der Waals surface area contributed by atoms with Crippen molar-refractivity contribution in [2.45, 2.75) is 66.2 Å². The molecule has 19 heavy (non-hydrogen) atoms. The summed E-state index contributed by atoms with van der Waals surface area (Å²) in [5, 5.41) is 0. The molecule has 0 heterocycles. The lowest BCUT2D eigenvalue weighted by atomic mass is 10.0. The van der Waals surface area contributed by atoms with Gasteiger partial charge in [-0.05, 0) is 27.7 Å². The highest BCUT2D eigenvalue weighted by Crippen LogP contribution is 2.15. The van der Waals surface area contributed by atoms with Gasteiger partial charge in [-0.1, -0.05) is 38.5 Å². The summed E-state index contributed by atoms with van der Waals surface area (Å²) >= 11 is 0. The van der Waals surface area contributed by atoms with Gasteiger partial charge >= 0.3 is 9.05 Å². The second-order valence-corrected chi connectivity index (χ2v) is 6.51. The number of hydrogen-bond acceptors (Lipinski definition) is 4. The van der Waals surface area contributed by atoms with Gasteiger partial charge in [0.05, 0.1) is 0 Å². The maximum Gasteiger partial charge on any atom is 0.679 e. The zero-order valence-electron chi connectivity index (χ0n) is 13.2. The van der Waals surface area contributed by atoms with E-state index in [1.807, 2.05) is 27.7 Å². The Morgan fingerprint density at radius 3 is 0.895 bits per heavy atom. The van der Waals surface area contributed by atoms with E-state index in [1.54, 1.807) is 0 Å². The first-order valence-corrected chi connectivity index (χ1v) is 9.43. The zero-order valence-corrected chi connectivity index (χ0v) is 14.2. The van der Waals surface area contributed by atoms with Crippen molar-refractivity contribution in [3.63, 3.8) is 0 Å². The lowest BCUT2D eigenvalue weighted by molar-refractivity contribution is -0.0247. The molecule has 116 valence electrons. The quantitative estimate of drug-likeness (QED) is 0.636. The minimum absolute atomic E-state index is 0.548. The van der Waals surface area contributed by atoms with E-state index in [0.29, 0.717) is 26.4 Å². The maximum atomic E-state index is 5.42. The third-order valence-electron chi connectivity index (χ3n) is 2.78. The topological polar surface area (TPSA) is 36.9 Å². The smallest absolute Gasteiger partial charge is 0.351 e. The van der Waals surface area contributed by atoms with E-state index in [9.17, 15) is 0 Å². The van der Waals surface area contributed by atoms with Gasteiger partial charge in [0.25, 0.3) is 0 Å². The van der Waals surface area contributed by atoms with Crippen LogP contribution in [-0.4, -0.2) is 35.5 Å². The number of hydrogen-bond donors (Lipinski definition) is 0. The molecule has 1 aliphatic carbocycles. The normalized spacial score (nSPS) is 15.8. The van der Waals surface area contributed by atoms with Gasteiger partial charge in [0.15, 0.2) is 0 Å². The van der Waals surface area contributed by atoms with E-state index in [2.05, 4.69) is 0 Å². The van der Waals surface area contributed by atoms with E-state index in [4.69, 9.17) is 17.7 Å². The fourth-order valence-electron chi connectivity index (χ4n) is 2.02. The van der Waals surface area contributed by atoms with Crippen molar-refractivity contribution < 1.29 is 17.7 Å². The van der Waals surface area contributed by atoms with E-state index in [0.717, 1.165) is 0 Å². The average molecular weight is 292 g/mol. The Labute approximate surface area is 120 Å². The van der Waals surface area contributed by atoms with Gasteiger partial charge in [-0.3, -0.25) is 0 Å². The van der Waals surface area contributed by atoms with Crippen molar-refractivity contribution in [3.8, 4) is 0 Å². The van der Waals surface area contributed by atoms with Crippen LogP contribution in [0.15, 0.2) is 0 Å². The lowest BCUT2D eigenvalue weighted by Gasteiger charge is -2.26. The third-order valence-corrected chi connectivity index (χ3v) is 5.35. The van der Waals surface area contributed by atoms with Gasteiger partial charge in [0, 0.05) is 26.4 Å². The molecule has 0 aliphatic heterocycles. The third kappa shape index (κ3) is 9.57. The molecule has 4 nitrogen and oxygen atoms in total. The molecular weight excluding hydrogens is 260 g/mol. The molecule has 5 heteroatoms. The first-order chi connectivity index (χ1) is 9.24. The molecule has 0 radical (unpaired) electrons. The summed E-state index contributed by atoms with van der Waals surface area (Å²) in [4.78, 5) is 0. The molecule has 1 saturated carbocycles. The first kappa shape index (κ1) is 19.1. The second-order valence-electron chi connectivity index (χ2n) is 4.35. The highest BCUT2D eigenvalue weighted by Gasteiger charge is 2.44. The van der Waals surface area contributed by atoms with Gasteiger partial charge < -0.3 is 17.7 Å². The lowest BCUT2D eigenvalue weighted by Crippen LogP contribution is -2.49. The first-order valence-electron chi connectivity index (χ1n) is 7.80. The molecule has 1 aliphatic rings. The molecule has 1 rings (SSSR count). The van der Waals surface area contributed by atoms with Crippen molar-refractivity contribution >= 4 is 9.05 Å². The maximum absolute atomic E-state index is 5.42. The van der Waals surface area contributed by atoms with Crippen LogP contribution in [0.25, 0.3) is 0 Å². The summed E-state index contributed by atoms with van der Waals surface area (Å²) in [5.41, 5.74) is 0. The predicted molar refractivity (Wildman–Crippen MR) is 80.0 cm³/mol. The van der Waals surface area contributed by atoms with Crippen molar-refractivity contribution in [2.24, 2.45) is 0 Å². The van der Waals surface area contributed by atoms with Crippen LogP contribution >= 0.6 is 0 Å². The monoisotopic (exact) mass is 292 g/mol. The molecule has 0 atom stereocenters. The molecule has 0 bridgehead atoms. The molecule has 0 spiro atoms. The minimum atomic E-state index is -2.80. The van der Waals surface area contributed by atoms with Crippen molar-refractivity contribution in [1.29, 1.82) is 0 Å². The summed E-state index contributed by atoms with van der Waals surface area (Å²) in [7, 11) is -2.80. The molecular formula is C14H32O4Si. The van der Waals surface area contributed by atoms with Crippen molar-refractivity contribution in [3.05, 3.63) is 0 Å². The number of rotatable bonds is 8. The average Bonchev–Trinajstić information content (AvgIpc) is 2.43. The Bertz CT molecular complexity index is 145. The van der Waals surface area contributed by atoms with Crippen LogP contribution < -0.4 is 0 Å². The van der Waals surface area contributed by atoms with Gasteiger partial charge in [-0.2, -0.15) is 0 Å². The molecule has 0 aromatic carbocycles. The minimum Gasteiger partial charge on any atom is -0.351 e. The molecule has 0 unspecified atom stereocenters. The van der Waals surface area contributed by atoms with Gasteiger partial charge in [0.1, 0.15) is 0 Å². The summed E-state index contributed by atoms with van der Waals surface area (Å²) in [6.45, 7) is 9.80. The molecule has 0 aromatic rings. The standard InChI is InChI=1S/C8H20O4Si.C6H12/c1-5-9-13(10-6-2,11-7-3)12-8-4;1-2-4-6-5-3-1/h5-8H2,1-4H3;1-6H2. The van der Waals surface area contributed by atoms with Crippen molar-refractivity contribution in [2.75, 3.05) is 26.4 Å². The summed E-state index contributed by atoms with van der Waals surface area (Å²) in [5.74, 6) is 0. The van der Waals surface area contributed by atoms with Crippen LogP contribution in [0, 0.1) is 0 Å². The fourth-order valence-corrected chi connectivity index (χ4v) is 3.93. The molecule has 0 aromatic heterocycles. The van der Waals surface area contributed by atoms with Gasteiger partial charge in [0.2, 0.25) is 0 Å². The van der Waals surface area contributed by atoms with Crippen LogP contribution in [0.4, 0.5) is 0 Å². The Kier molecular flexibility index (Phi) is 13.1. The Hall–Kier alpha value is 0.0569. The summed E-state index contributed by atoms with van der Waals surface area (Å²) < 4.78 is 21.7. The zero-order chi connectivity index (χ0) is 14.4. The van der Waals surface area contributed by atoms with Crippen LogP contribution in [0.2, 0.25) is 0 Å². The molecule has 0 amide bonds. The Balaban J connectivity index is 0.000000443. The van der Waals surface area contributed by atoms with E-state index < -0.39 is 9.05 Å². The van der Waals surface area contributed by atoms with Crippen LogP contribution in [-0.2, 0) is 17.7 Å². The van der Waals surface area contributed by atoms with Gasteiger partial charge in [-0.15, -0.1) is 0 Å². The Morgan fingerprint density at radius 1 is 0.526 bits per heavy atom. The van der Waals surface area contributed by atoms with Crippen LogP contribution in [0.3, 0.4) is 0 Å². The SMILES string of the molecule is C1CCCCC1.CCO[Si](OCC)(OCC)OCC. The fraction of sp³-hybridized carbons (Fsp3) is 1.00. The van der Waals surface area contributed by atoms with Crippen LogP contribution in [0.5, 0.6) is 0 Å². The van der Waals surface area contributed by atoms with Gasteiger partial charge in [-0.25, -0.2) is 0 Å². The van der Waals surface area contributed by atoms with Crippen molar-refractivity contribution in [1.82, 2.24) is 0 Å². The largest absolute Gasteiger partial charge is 0.679 e. The summed E-state index contributed by atoms with van der Waals surface area (Å²) in [6, 6.07) is 0. The second kappa shape index (κ2) is 13.1. The van der Waals surface area contributed by atoms with E-state index in [-0.39, 0.29) is 0 Å².